The van der Waals surface area contributed by atoms with Gasteiger partial charge in [-0.25, -0.2) is 0 Å². The van der Waals surface area contributed by atoms with Crippen molar-refractivity contribution in [2.75, 3.05) is 20.6 Å². The minimum atomic E-state index is 0.0220. The number of hydrogen-bond acceptors (Lipinski definition) is 2. The molecule has 0 spiro atoms. The molecule has 0 unspecified atom stereocenters. The van der Waals surface area contributed by atoms with E-state index in [2.05, 4.69) is 40.2 Å². The van der Waals surface area contributed by atoms with Crippen LogP contribution < -0.4 is 5.32 Å². The molecular formula is C16H23BrN2O. The Balaban J connectivity index is 2.02. The van der Waals surface area contributed by atoms with Gasteiger partial charge < -0.3 is 10.2 Å². The monoisotopic (exact) mass is 338 g/mol. The van der Waals surface area contributed by atoms with Crippen LogP contribution in [0.3, 0.4) is 0 Å². The molecule has 110 valence electrons. The van der Waals surface area contributed by atoms with Crippen molar-refractivity contribution in [2.45, 2.75) is 38.1 Å². The van der Waals surface area contributed by atoms with Crippen LogP contribution in [0.2, 0.25) is 0 Å². The van der Waals surface area contributed by atoms with E-state index in [0.717, 1.165) is 22.1 Å². The lowest BCUT2D eigenvalue weighted by molar-refractivity contribution is 0.0900. The van der Waals surface area contributed by atoms with Crippen molar-refractivity contribution in [2.24, 2.45) is 0 Å². The summed E-state index contributed by atoms with van der Waals surface area (Å²) in [6, 6.07) is 5.72. The van der Waals surface area contributed by atoms with Crippen LogP contribution in [0.1, 0.15) is 41.6 Å². The molecule has 20 heavy (non-hydrogen) atoms. The Morgan fingerprint density at radius 3 is 2.55 bits per heavy atom. The summed E-state index contributed by atoms with van der Waals surface area (Å²) in [5, 5.41) is 3.11. The number of hydrogen-bond donors (Lipinski definition) is 1. The number of carbonyl (C=O) groups is 1. The minimum Gasteiger partial charge on any atom is -0.350 e. The van der Waals surface area contributed by atoms with Crippen molar-refractivity contribution in [3.05, 3.63) is 33.8 Å². The number of carbonyl (C=O) groups excluding carboxylic acids is 1. The highest BCUT2D eigenvalue weighted by Gasteiger charge is 2.36. The maximum absolute atomic E-state index is 12.3. The van der Waals surface area contributed by atoms with Crippen LogP contribution in [0.25, 0.3) is 0 Å². The Labute approximate surface area is 129 Å². The van der Waals surface area contributed by atoms with Gasteiger partial charge in [0.25, 0.3) is 5.91 Å². The fourth-order valence-electron chi connectivity index (χ4n) is 2.95. The van der Waals surface area contributed by atoms with Gasteiger partial charge in [0.2, 0.25) is 0 Å². The van der Waals surface area contributed by atoms with E-state index in [1.54, 1.807) is 0 Å². The maximum Gasteiger partial charge on any atom is 0.251 e. The fraction of sp³-hybridized carbons (Fsp3) is 0.562. The van der Waals surface area contributed by atoms with Crippen molar-refractivity contribution in [1.29, 1.82) is 0 Å². The standard InChI is InChI=1S/C16H23BrN2O/c1-12-10-13(6-7-14(12)17)15(20)18-11-16(19(2)3)8-4-5-9-16/h6-7,10H,4-5,8-9,11H2,1-3H3,(H,18,20). The van der Waals surface area contributed by atoms with Crippen LogP contribution in [0, 0.1) is 6.92 Å². The first kappa shape index (κ1) is 15.5. The molecule has 0 heterocycles. The number of rotatable bonds is 4. The van der Waals surface area contributed by atoms with Crippen LogP contribution >= 0.6 is 15.9 Å². The van der Waals surface area contributed by atoms with E-state index in [-0.39, 0.29) is 11.4 Å². The Kier molecular flexibility index (Phi) is 4.86. The van der Waals surface area contributed by atoms with Crippen molar-refractivity contribution in [3.63, 3.8) is 0 Å². The highest BCUT2D eigenvalue weighted by atomic mass is 79.9. The molecule has 1 aromatic carbocycles. The van der Waals surface area contributed by atoms with E-state index in [1.807, 2.05) is 25.1 Å². The number of nitrogens with zero attached hydrogens (tertiary/aromatic N) is 1. The molecule has 3 nitrogen and oxygen atoms in total. The zero-order chi connectivity index (χ0) is 14.8. The lowest BCUT2D eigenvalue weighted by Crippen LogP contribution is -2.50. The number of amides is 1. The predicted molar refractivity (Wildman–Crippen MR) is 86.1 cm³/mol. The molecule has 1 aliphatic rings. The molecule has 1 saturated carbocycles. The predicted octanol–water partition coefficient (Wildman–Crippen LogP) is 3.36. The molecule has 1 N–H and O–H groups in total. The average molecular weight is 339 g/mol. The topological polar surface area (TPSA) is 32.3 Å². The summed E-state index contributed by atoms with van der Waals surface area (Å²) in [5.41, 5.74) is 1.96. The van der Waals surface area contributed by atoms with E-state index < -0.39 is 0 Å². The third-order valence-electron chi connectivity index (χ3n) is 4.48. The second kappa shape index (κ2) is 6.27. The Morgan fingerprint density at radius 1 is 1.35 bits per heavy atom. The molecule has 1 fully saturated rings. The normalized spacial score (nSPS) is 17.4. The summed E-state index contributed by atoms with van der Waals surface area (Å²) >= 11 is 3.46. The number of nitrogens with one attached hydrogen (secondary N) is 1. The molecule has 0 aromatic heterocycles. The van der Waals surface area contributed by atoms with Gasteiger partial charge in [0, 0.05) is 22.1 Å². The van der Waals surface area contributed by atoms with Gasteiger partial charge in [-0.3, -0.25) is 4.79 Å². The summed E-state index contributed by atoms with van der Waals surface area (Å²) in [5.74, 6) is 0.0220. The van der Waals surface area contributed by atoms with Crippen LogP contribution in [0.5, 0.6) is 0 Å². The highest BCUT2D eigenvalue weighted by molar-refractivity contribution is 9.10. The first-order chi connectivity index (χ1) is 9.44. The largest absolute Gasteiger partial charge is 0.350 e. The summed E-state index contributed by atoms with van der Waals surface area (Å²) in [7, 11) is 4.22. The highest BCUT2D eigenvalue weighted by Crippen LogP contribution is 2.33. The summed E-state index contributed by atoms with van der Waals surface area (Å²) in [6.07, 6.45) is 4.84. The average Bonchev–Trinajstić information content (AvgIpc) is 2.89. The second-order valence-corrected chi connectivity index (χ2v) is 6.83. The molecule has 0 bridgehead atoms. The number of aryl methyl sites for hydroxylation is 1. The second-order valence-electron chi connectivity index (χ2n) is 5.97. The molecule has 2 rings (SSSR count). The lowest BCUT2D eigenvalue weighted by atomic mass is 9.96. The van der Waals surface area contributed by atoms with Crippen molar-refractivity contribution >= 4 is 21.8 Å². The molecule has 1 aliphatic carbocycles. The molecule has 0 radical (unpaired) electrons. The van der Waals surface area contributed by atoms with E-state index >= 15 is 0 Å². The maximum atomic E-state index is 12.3. The van der Waals surface area contributed by atoms with Gasteiger partial charge in [0.1, 0.15) is 0 Å². The molecular weight excluding hydrogens is 316 g/mol. The Bertz CT molecular complexity index is 493. The Morgan fingerprint density at radius 2 is 2.00 bits per heavy atom. The number of halogens is 1. The van der Waals surface area contributed by atoms with Crippen molar-refractivity contribution in [3.8, 4) is 0 Å². The number of likely N-dealkylation sites (N-methyl/N-ethyl adjacent to an activating group) is 1. The van der Waals surface area contributed by atoms with Crippen LogP contribution in [-0.2, 0) is 0 Å². The third kappa shape index (κ3) is 3.23. The van der Waals surface area contributed by atoms with Gasteiger partial charge in [0.15, 0.2) is 0 Å². The van der Waals surface area contributed by atoms with Crippen molar-refractivity contribution < 1.29 is 4.79 Å². The number of benzene rings is 1. The van der Waals surface area contributed by atoms with Crippen LogP contribution in [0.15, 0.2) is 22.7 Å². The zero-order valence-corrected chi connectivity index (χ0v) is 14.1. The SMILES string of the molecule is Cc1cc(C(=O)NCC2(N(C)C)CCCC2)ccc1Br. The van der Waals surface area contributed by atoms with Crippen molar-refractivity contribution in [1.82, 2.24) is 10.2 Å². The molecule has 0 aliphatic heterocycles. The van der Waals surface area contributed by atoms with Gasteiger partial charge in [-0.1, -0.05) is 28.8 Å². The molecule has 1 amide bonds. The van der Waals surface area contributed by atoms with Gasteiger partial charge in [0.05, 0.1) is 0 Å². The van der Waals surface area contributed by atoms with E-state index in [9.17, 15) is 4.79 Å². The summed E-state index contributed by atoms with van der Waals surface area (Å²) < 4.78 is 1.04. The van der Waals surface area contributed by atoms with Gasteiger partial charge in [-0.15, -0.1) is 0 Å². The lowest BCUT2D eigenvalue weighted by Gasteiger charge is -2.36. The smallest absolute Gasteiger partial charge is 0.251 e. The van der Waals surface area contributed by atoms with Gasteiger partial charge in [-0.05, 0) is 57.6 Å². The quantitative estimate of drug-likeness (QED) is 0.912. The summed E-state index contributed by atoms with van der Waals surface area (Å²) in [4.78, 5) is 14.6. The minimum absolute atomic E-state index is 0.0220. The summed E-state index contributed by atoms with van der Waals surface area (Å²) in [6.45, 7) is 2.73. The van der Waals surface area contributed by atoms with Gasteiger partial charge in [-0.2, -0.15) is 0 Å². The molecule has 4 heteroatoms. The van der Waals surface area contributed by atoms with E-state index in [4.69, 9.17) is 0 Å². The third-order valence-corrected chi connectivity index (χ3v) is 5.37. The molecule has 0 saturated heterocycles. The fourth-order valence-corrected chi connectivity index (χ4v) is 3.19. The van der Waals surface area contributed by atoms with E-state index in [1.165, 1.54) is 25.7 Å². The van der Waals surface area contributed by atoms with Crippen LogP contribution in [0.4, 0.5) is 0 Å². The van der Waals surface area contributed by atoms with E-state index in [0.29, 0.717) is 0 Å². The Hall–Kier alpha value is -0.870. The first-order valence-electron chi connectivity index (χ1n) is 7.16. The first-order valence-corrected chi connectivity index (χ1v) is 7.96. The zero-order valence-electron chi connectivity index (χ0n) is 12.5. The molecule has 0 atom stereocenters. The van der Waals surface area contributed by atoms with Crippen LogP contribution in [-0.4, -0.2) is 37.0 Å². The molecule has 1 aromatic rings. The van der Waals surface area contributed by atoms with Gasteiger partial charge >= 0.3 is 0 Å².